The number of carbonyl (C=O) groups is 1. The van der Waals surface area contributed by atoms with Crippen LogP contribution in [0.5, 0.6) is 0 Å². The van der Waals surface area contributed by atoms with Gasteiger partial charge in [-0.2, -0.15) is 0 Å². The van der Waals surface area contributed by atoms with Crippen molar-refractivity contribution in [1.82, 2.24) is 4.90 Å². The second kappa shape index (κ2) is 6.63. The molecule has 1 aromatic carbocycles. The first-order chi connectivity index (χ1) is 9.16. The quantitative estimate of drug-likeness (QED) is 0.778. The zero-order valence-electron chi connectivity index (χ0n) is 11.0. The van der Waals surface area contributed by atoms with E-state index in [9.17, 15) is 9.18 Å². The highest BCUT2D eigenvalue weighted by atomic mass is 19.1. The smallest absolute Gasteiger partial charge is 0.341 e. The molecule has 0 saturated carbocycles. The molecule has 1 unspecified atom stereocenters. The van der Waals surface area contributed by atoms with Gasteiger partial charge in [0.15, 0.2) is 0 Å². The van der Waals surface area contributed by atoms with Gasteiger partial charge in [0, 0.05) is 19.6 Å². The third-order valence-corrected chi connectivity index (χ3v) is 3.02. The van der Waals surface area contributed by atoms with Gasteiger partial charge in [0.1, 0.15) is 11.9 Å². The second-order valence-electron chi connectivity index (χ2n) is 4.61. The van der Waals surface area contributed by atoms with Crippen LogP contribution in [-0.4, -0.2) is 49.8 Å². The maximum atomic E-state index is 13.4. The minimum absolute atomic E-state index is 0.0173. The number of nitrogens with zero attached hydrogens (tertiary/aromatic N) is 1. The first-order valence-corrected chi connectivity index (χ1v) is 6.42. The van der Waals surface area contributed by atoms with Crippen molar-refractivity contribution >= 4 is 5.97 Å². The average molecular weight is 267 g/mol. The minimum atomic E-state index is -0.612. The zero-order valence-corrected chi connectivity index (χ0v) is 11.0. The van der Waals surface area contributed by atoms with E-state index in [0.717, 1.165) is 13.1 Å². The van der Waals surface area contributed by atoms with E-state index in [2.05, 4.69) is 4.90 Å². The van der Waals surface area contributed by atoms with E-state index in [0.29, 0.717) is 19.8 Å². The standard InChI is InChI=1S/C14H18FNO3/c1-11(10-16-6-8-18-9-7-16)19-14(17)12-4-2-3-5-13(12)15/h2-5,11H,6-10H2,1H3. The number of carbonyl (C=O) groups excluding carboxylic acids is 1. The van der Waals surface area contributed by atoms with Crippen molar-refractivity contribution in [3.8, 4) is 0 Å². The topological polar surface area (TPSA) is 38.8 Å². The van der Waals surface area contributed by atoms with E-state index < -0.39 is 11.8 Å². The van der Waals surface area contributed by atoms with Gasteiger partial charge in [0.25, 0.3) is 0 Å². The van der Waals surface area contributed by atoms with Crippen LogP contribution in [-0.2, 0) is 9.47 Å². The van der Waals surface area contributed by atoms with E-state index in [-0.39, 0.29) is 11.7 Å². The Labute approximate surface area is 112 Å². The Bertz CT molecular complexity index is 432. The lowest BCUT2D eigenvalue weighted by atomic mass is 10.2. The summed E-state index contributed by atoms with van der Waals surface area (Å²) in [5.74, 6) is -1.16. The van der Waals surface area contributed by atoms with Gasteiger partial charge >= 0.3 is 5.97 Å². The normalized spacial score (nSPS) is 18.0. The Morgan fingerprint density at radius 2 is 2.11 bits per heavy atom. The highest BCUT2D eigenvalue weighted by molar-refractivity contribution is 5.89. The molecule has 0 radical (unpaired) electrons. The highest BCUT2D eigenvalue weighted by Crippen LogP contribution is 2.10. The predicted octanol–water partition coefficient (Wildman–Crippen LogP) is 1.70. The molecule has 0 bridgehead atoms. The van der Waals surface area contributed by atoms with E-state index in [1.807, 2.05) is 6.92 Å². The van der Waals surface area contributed by atoms with Gasteiger partial charge in [-0.15, -0.1) is 0 Å². The summed E-state index contributed by atoms with van der Waals surface area (Å²) < 4.78 is 23.9. The largest absolute Gasteiger partial charge is 0.458 e. The van der Waals surface area contributed by atoms with Gasteiger partial charge in [0.2, 0.25) is 0 Å². The summed E-state index contributed by atoms with van der Waals surface area (Å²) in [6, 6.07) is 5.85. The maximum Gasteiger partial charge on any atom is 0.341 e. The predicted molar refractivity (Wildman–Crippen MR) is 68.5 cm³/mol. The molecule has 0 aliphatic carbocycles. The van der Waals surface area contributed by atoms with Crippen molar-refractivity contribution in [2.24, 2.45) is 0 Å². The fourth-order valence-corrected chi connectivity index (χ4v) is 2.06. The fraction of sp³-hybridized carbons (Fsp3) is 0.500. The summed E-state index contributed by atoms with van der Waals surface area (Å²) in [5, 5.41) is 0. The molecule has 104 valence electrons. The van der Waals surface area contributed by atoms with Crippen molar-refractivity contribution in [2.75, 3.05) is 32.8 Å². The van der Waals surface area contributed by atoms with Crippen LogP contribution in [0, 0.1) is 5.82 Å². The van der Waals surface area contributed by atoms with E-state index in [1.165, 1.54) is 12.1 Å². The summed E-state index contributed by atoms with van der Waals surface area (Å²) in [6.45, 7) is 5.53. The van der Waals surface area contributed by atoms with Crippen LogP contribution in [0.3, 0.4) is 0 Å². The van der Waals surface area contributed by atoms with E-state index >= 15 is 0 Å². The molecule has 1 aliphatic heterocycles. The van der Waals surface area contributed by atoms with Gasteiger partial charge in [0.05, 0.1) is 18.8 Å². The average Bonchev–Trinajstić information content (AvgIpc) is 2.40. The second-order valence-corrected chi connectivity index (χ2v) is 4.61. The Hall–Kier alpha value is -1.46. The van der Waals surface area contributed by atoms with Crippen LogP contribution in [0.1, 0.15) is 17.3 Å². The van der Waals surface area contributed by atoms with E-state index in [4.69, 9.17) is 9.47 Å². The van der Waals surface area contributed by atoms with Crippen LogP contribution in [0.15, 0.2) is 24.3 Å². The summed E-state index contributed by atoms with van der Waals surface area (Å²) in [6.07, 6.45) is -0.273. The molecule has 0 spiro atoms. The third kappa shape index (κ3) is 4.01. The molecule has 4 nitrogen and oxygen atoms in total. The third-order valence-electron chi connectivity index (χ3n) is 3.02. The van der Waals surface area contributed by atoms with Crippen molar-refractivity contribution in [3.05, 3.63) is 35.6 Å². The Morgan fingerprint density at radius 1 is 1.42 bits per heavy atom. The Morgan fingerprint density at radius 3 is 2.79 bits per heavy atom. The minimum Gasteiger partial charge on any atom is -0.458 e. The Balaban J connectivity index is 1.86. The van der Waals surface area contributed by atoms with Crippen LogP contribution in [0.2, 0.25) is 0 Å². The number of hydrogen-bond acceptors (Lipinski definition) is 4. The molecule has 0 N–H and O–H groups in total. The molecule has 0 aromatic heterocycles. The van der Waals surface area contributed by atoms with E-state index in [1.54, 1.807) is 12.1 Å². The summed E-state index contributed by atoms with van der Waals surface area (Å²) in [7, 11) is 0. The van der Waals surface area contributed by atoms with Crippen LogP contribution in [0.4, 0.5) is 4.39 Å². The number of esters is 1. The number of benzene rings is 1. The lowest BCUT2D eigenvalue weighted by molar-refractivity contribution is 0.000214. The van der Waals surface area contributed by atoms with Gasteiger partial charge in [-0.25, -0.2) is 9.18 Å². The number of halogens is 1. The molecule has 2 rings (SSSR count). The molecule has 1 aromatic rings. The van der Waals surface area contributed by atoms with Crippen molar-refractivity contribution in [1.29, 1.82) is 0 Å². The van der Waals surface area contributed by atoms with Crippen molar-refractivity contribution < 1.29 is 18.7 Å². The molecular weight excluding hydrogens is 249 g/mol. The molecule has 1 heterocycles. The number of morpholine rings is 1. The van der Waals surface area contributed by atoms with Gasteiger partial charge in [-0.05, 0) is 19.1 Å². The Kier molecular flexibility index (Phi) is 4.87. The molecule has 0 amide bonds. The van der Waals surface area contributed by atoms with Gasteiger partial charge in [-0.3, -0.25) is 4.90 Å². The molecule has 1 fully saturated rings. The first-order valence-electron chi connectivity index (χ1n) is 6.42. The van der Waals surface area contributed by atoms with Crippen molar-refractivity contribution in [2.45, 2.75) is 13.0 Å². The van der Waals surface area contributed by atoms with Crippen LogP contribution >= 0.6 is 0 Å². The summed E-state index contributed by atoms with van der Waals surface area (Å²) >= 11 is 0. The lowest BCUT2D eigenvalue weighted by Crippen LogP contribution is -2.41. The molecular formula is C14H18FNO3. The van der Waals surface area contributed by atoms with Crippen LogP contribution in [0.25, 0.3) is 0 Å². The summed E-state index contributed by atoms with van der Waals surface area (Å²) in [5.41, 5.74) is -0.0173. The van der Waals surface area contributed by atoms with Crippen molar-refractivity contribution in [3.63, 3.8) is 0 Å². The molecule has 1 aliphatic rings. The molecule has 19 heavy (non-hydrogen) atoms. The lowest BCUT2D eigenvalue weighted by Gasteiger charge is -2.28. The van der Waals surface area contributed by atoms with Gasteiger partial charge in [-0.1, -0.05) is 12.1 Å². The SMILES string of the molecule is CC(CN1CCOCC1)OC(=O)c1ccccc1F. The fourth-order valence-electron chi connectivity index (χ4n) is 2.06. The van der Waals surface area contributed by atoms with Gasteiger partial charge < -0.3 is 9.47 Å². The zero-order chi connectivity index (χ0) is 13.7. The number of rotatable bonds is 4. The number of hydrogen-bond donors (Lipinski definition) is 0. The summed E-state index contributed by atoms with van der Waals surface area (Å²) in [4.78, 5) is 14.0. The van der Waals surface area contributed by atoms with Crippen LogP contribution < -0.4 is 0 Å². The molecule has 1 saturated heterocycles. The maximum absolute atomic E-state index is 13.4. The molecule has 1 atom stereocenters. The number of ether oxygens (including phenoxy) is 2. The first kappa shape index (κ1) is 14.0. The monoisotopic (exact) mass is 267 g/mol. The highest BCUT2D eigenvalue weighted by Gasteiger charge is 2.19. The molecule has 5 heteroatoms.